The minimum Gasteiger partial charge on any atom is -0.494 e. The number of aromatic hydroxyl groups is 1. The number of aromatic nitrogens is 5. The number of hydrogen-bond donors (Lipinski definition) is 7. The van der Waals surface area contributed by atoms with E-state index in [0.717, 1.165) is 0 Å². The molecule has 42 heavy (non-hydrogen) atoms. The number of carbonyl (C=O) groups is 2. The molecule has 1 aliphatic heterocycles. The number of amides is 2. The van der Waals surface area contributed by atoms with Crippen LogP contribution in [0.25, 0.3) is 28.0 Å². The fourth-order valence-electron chi connectivity index (χ4n) is 4.81. The number of anilines is 2. The number of nitrogens with two attached hydrogens (primary N) is 1. The van der Waals surface area contributed by atoms with Gasteiger partial charge in [-0.15, -0.1) is 0 Å². The molecule has 0 bridgehead atoms. The van der Waals surface area contributed by atoms with Crippen molar-refractivity contribution >= 4 is 51.3 Å². The van der Waals surface area contributed by atoms with Gasteiger partial charge >= 0.3 is 0 Å². The number of imidazole rings is 1. The smallest absolute Gasteiger partial charge is 0.255 e. The van der Waals surface area contributed by atoms with Gasteiger partial charge in [0.2, 0.25) is 5.91 Å². The summed E-state index contributed by atoms with van der Waals surface area (Å²) in [6, 6.07) is 11.9. The van der Waals surface area contributed by atoms with Gasteiger partial charge in [-0.1, -0.05) is 18.2 Å². The quantitative estimate of drug-likeness (QED) is 0.139. The van der Waals surface area contributed by atoms with Gasteiger partial charge in [-0.3, -0.25) is 14.2 Å². The zero-order valence-corrected chi connectivity index (χ0v) is 21.9. The summed E-state index contributed by atoms with van der Waals surface area (Å²) in [5.41, 5.74) is 8.15. The Bertz CT molecular complexity index is 1810. The molecule has 3 aromatic heterocycles. The van der Waals surface area contributed by atoms with Crippen molar-refractivity contribution < 1.29 is 29.6 Å². The molecule has 1 unspecified atom stereocenters. The maximum Gasteiger partial charge on any atom is 0.255 e. The Morgan fingerprint density at radius 2 is 1.88 bits per heavy atom. The average Bonchev–Trinajstić information content (AvgIpc) is 3.68. The van der Waals surface area contributed by atoms with E-state index in [-0.39, 0.29) is 24.1 Å². The molecule has 1 aliphatic rings. The maximum absolute atomic E-state index is 12.7. The van der Waals surface area contributed by atoms with Crippen LogP contribution in [0.15, 0.2) is 67.4 Å². The lowest BCUT2D eigenvalue weighted by molar-refractivity contribution is -0.117. The van der Waals surface area contributed by atoms with Crippen molar-refractivity contribution in [3.8, 4) is 5.88 Å². The highest BCUT2D eigenvalue weighted by Crippen LogP contribution is 2.32. The summed E-state index contributed by atoms with van der Waals surface area (Å²) in [5.74, 6) is -0.568. The van der Waals surface area contributed by atoms with Gasteiger partial charge in [-0.05, 0) is 35.9 Å². The standard InChI is InChI=1S/C28H26N8O6/c29-24-21-25(33-12-32-24)36(13-34-21)28-23(39)22(38)19(42-28)11-30-20(37)9-6-14-4-7-15(8-5-14)26(40)35-18-3-1-2-16-17(18)10-31-27(16)41/h1-10,12-13,19,22-23,28,31,38-39,41H,11H2,(H,30,37)(H,35,40)(H2,29,32,33)/t19?,22-,23-,28-/m1/s1. The SMILES string of the molecule is Nc1ncnc2c1ncn2[C@@H]1OC(CNC(=O)C=Cc2ccc(C(=O)Nc3cccc4c(O)[nH]cc34)cc2)[C@@H](O)[C@H]1O. The van der Waals surface area contributed by atoms with Gasteiger partial charge in [0.15, 0.2) is 23.6 Å². The topological polar surface area (TPSA) is 214 Å². The van der Waals surface area contributed by atoms with Crippen LogP contribution < -0.4 is 16.4 Å². The lowest BCUT2D eigenvalue weighted by Crippen LogP contribution is -2.39. The molecular weight excluding hydrogens is 544 g/mol. The summed E-state index contributed by atoms with van der Waals surface area (Å²) in [5, 5.41) is 37.7. The Morgan fingerprint density at radius 3 is 2.69 bits per heavy atom. The molecule has 6 rings (SSSR count). The molecule has 1 fully saturated rings. The number of nitrogens with one attached hydrogen (secondary N) is 3. The molecule has 2 aromatic carbocycles. The first-order valence-corrected chi connectivity index (χ1v) is 12.9. The van der Waals surface area contributed by atoms with Crippen LogP contribution in [0.5, 0.6) is 5.88 Å². The van der Waals surface area contributed by atoms with E-state index in [2.05, 4.69) is 30.6 Å². The van der Waals surface area contributed by atoms with E-state index in [1.165, 1.54) is 23.3 Å². The predicted molar refractivity (Wildman–Crippen MR) is 152 cm³/mol. The summed E-state index contributed by atoms with van der Waals surface area (Å²) in [6.45, 7) is -0.0631. The van der Waals surface area contributed by atoms with Crippen molar-refractivity contribution in [3.63, 3.8) is 0 Å². The Balaban J connectivity index is 1.04. The molecule has 14 nitrogen and oxygen atoms in total. The third-order valence-corrected chi connectivity index (χ3v) is 7.04. The maximum atomic E-state index is 12.7. The number of rotatable bonds is 7. The van der Waals surface area contributed by atoms with Crippen LogP contribution in [0.3, 0.4) is 0 Å². The number of carbonyl (C=O) groups excluding carboxylic acids is 2. The minimum absolute atomic E-state index is 0.0275. The normalized spacial score (nSPS) is 20.4. The van der Waals surface area contributed by atoms with Crippen LogP contribution in [0.1, 0.15) is 22.1 Å². The summed E-state index contributed by atoms with van der Waals surface area (Å²) in [7, 11) is 0. The van der Waals surface area contributed by atoms with Crippen molar-refractivity contribution in [1.82, 2.24) is 29.8 Å². The molecule has 0 saturated carbocycles. The first kappa shape index (κ1) is 26.9. The largest absolute Gasteiger partial charge is 0.494 e. The van der Waals surface area contributed by atoms with E-state index in [0.29, 0.717) is 38.8 Å². The second kappa shape index (κ2) is 10.9. The first-order chi connectivity index (χ1) is 20.3. The van der Waals surface area contributed by atoms with E-state index in [9.17, 15) is 24.9 Å². The van der Waals surface area contributed by atoms with Crippen molar-refractivity contribution in [2.24, 2.45) is 0 Å². The third kappa shape index (κ3) is 5.01. The van der Waals surface area contributed by atoms with Gasteiger partial charge in [0.05, 0.1) is 12.0 Å². The van der Waals surface area contributed by atoms with Crippen LogP contribution >= 0.6 is 0 Å². The Kier molecular flexibility index (Phi) is 7.00. The lowest BCUT2D eigenvalue weighted by Gasteiger charge is -2.16. The predicted octanol–water partition coefficient (Wildman–Crippen LogP) is 1.30. The number of hydrogen-bond acceptors (Lipinski definition) is 10. The van der Waals surface area contributed by atoms with Gasteiger partial charge in [0, 0.05) is 35.2 Å². The molecule has 4 atom stereocenters. The van der Waals surface area contributed by atoms with E-state index >= 15 is 0 Å². The Labute approximate surface area is 237 Å². The molecule has 0 spiro atoms. The van der Waals surface area contributed by atoms with Gasteiger partial charge < -0.3 is 41.4 Å². The van der Waals surface area contributed by atoms with Crippen LogP contribution in [0.2, 0.25) is 0 Å². The Hall–Kier alpha value is -5.31. The number of aromatic amines is 1. The molecule has 14 heteroatoms. The van der Waals surface area contributed by atoms with Gasteiger partial charge in [-0.2, -0.15) is 0 Å². The van der Waals surface area contributed by atoms with E-state index in [1.807, 2.05) is 0 Å². The second-order valence-corrected chi connectivity index (χ2v) is 9.69. The fraction of sp³-hybridized carbons (Fsp3) is 0.179. The molecular formula is C28H26N8O6. The van der Waals surface area contributed by atoms with Gasteiger partial charge in [0.1, 0.15) is 30.2 Å². The zero-order valence-electron chi connectivity index (χ0n) is 21.9. The summed E-state index contributed by atoms with van der Waals surface area (Å²) in [4.78, 5) is 40.1. The fourth-order valence-corrected chi connectivity index (χ4v) is 4.81. The lowest BCUT2D eigenvalue weighted by atomic mass is 10.1. The van der Waals surface area contributed by atoms with E-state index < -0.39 is 30.4 Å². The number of H-pyrrole nitrogens is 1. The van der Waals surface area contributed by atoms with Crippen LogP contribution in [0.4, 0.5) is 11.5 Å². The molecule has 2 amide bonds. The highest BCUT2D eigenvalue weighted by molar-refractivity contribution is 6.10. The number of ether oxygens (including phenoxy) is 1. The zero-order chi connectivity index (χ0) is 29.4. The number of aliphatic hydroxyl groups is 2. The van der Waals surface area contributed by atoms with E-state index in [4.69, 9.17) is 10.5 Å². The molecule has 0 radical (unpaired) electrons. The molecule has 4 heterocycles. The Morgan fingerprint density at radius 1 is 1.07 bits per heavy atom. The van der Waals surface area contributed by atoms with Crippen LogP contribution in [0, 0.1) is 0 Å². The highest BCUT2D eigenvalue weighted by Gasteiger charge is 2.44. The number of benzene rings is 2. The first-order valence-electron chi connectivity index (χ1n) is 12.9. The minimum atomic E-state index is -1.30. The second-order valence-electron chi connectivity index (χ2n) is 9.69. The van der Waals surface area contributed by atoms with Gasteiger partial charge in [-0.25, -0.2) is 15.0 Å². The average molecular weight is 571 g/mol. The summed E-state index contributed by atoms with van der Waals surface area (Å²) >= 11 is 0. The molecule has 214 valence electrons. The number of nitrogens with zero attached hydrogens (tertiary/aromatic N) is 4. The molecule has 1 saturated heterocycles. The molecule has 0 aliphatic carbocycles. The summed E-state index contributed by atoms with van der Waals surface area (Å²) in [6.07, 6.45) is 2.71. The summed E-state index contributed by atoms with van der Waals surface area (Å²) < 4.78 is 7.28. The van der Waals surface area contributed by atoms with Crippen molar-refractivity contribution in [2.75, 3.05) is 17.6 Å². The number of fused-ring (bicyclic) bond motifs is 2. The van der Waals surface area contributed by atoms with Crippen molar-refractivity contribution in [3.05, 3.63) is 78.5 Å². The van der Waals surface area contributed by atoms with Crippen molar-refractivity contribution in [1.29, 1.82) is 0 Å². The number of aliphatic hydroxyl groups excluding tert-OH is 2. The molecule has 5 aromatic rings. The molecule has 8 N–H and O–H groups in total. The monoisotopic (exact) mass is 570 g/mol. The van der Waals surface area contributed by atoms with Crippen molar-refractivity contribution in [2.45, 2.75) is 24.5 Å². The highest BCUT2D eigenvalue weighted by atomic mass is 16.6. The van der Waals surface area contributed by atoms with Gasteiger partial charge in [0.25, 0.3) is 5.91 Å². The van der Waals surface area contributed by atoms with E-state index in [1.54, 1.807) is 54.7 Å². The van der Waals surface area contributed by atoms with Crippen LogP contribution in [-0.4, -0.2) is 76.5 Å². The number of nitrogen functional groups attached to an aromatic ring is 1. The third-order valence-electron chi connectivity index (χ3n) is 7.04. The van der Waals surface area contributed by atoms with Crippen LogP contribution in [-0.2, 0) is 9.53 Å².